The van der Waals surface area contributed by atoms with E-state index in [1.165, 1.54) is 0 Å². The maximum absolute atomic E-state index is 12.6. The summed E-state index contributed by atoms with van der Waals surface area (Å²) in [7, 11) is 0. The number of rotatable bonds is 5. The van der Waals surface area contributed by atoms with Crippen LogP contribution in [0.3, 0.4) is 0 Å². The van der Waals surface area contributed by atoms with E-state index in [0.717, 1.165) is 12.8 Å². The Hall–Kier alpha value is -2.22. The van der Waals surface area contributed by atoms with E-state index in [1.54, 1.807) is 23.9 Å². The minimum Gasteiger partial charge on any atom is -0.381 e. The molecule has 8 heteroatoms. The van der Waals surface area contributed by atoms with E-state index < -0.39 is 0 Å². The number of imidazole rings is 1. The zero-order chi connectivity index (χ0) is 16.2. The molecule has 0 aliphatic carbocycles. The van der Waals surface area contributed by atoms with Crippen molar-refractivity contribution in [2.45, 2.75) is 39.3 Å². The summed E-state index contributed by atoms with van der Waals surface area (Å²) in [5.41, 5.74) is 0. The molecule has 3 heterocycles. The molecule has 1 unspecified atom stereocenters. The lowest BCUT2D eigenvalue weighted by Gasteiger charge is -2.28. The molecule has 1 aliphatic rings. The fourth-order valence-corrected chi connectivity index (χ4v) is 2.85. The summed E-state index contributed by atoms with van der Waals surface area (Å²) >= 11 is 0. The second-order valence-corrected chi connectivity index (χ2v) is 5.62. The van der Waals surface area contributed by atoms with Gasteiger partial charge in [0.05, 0.1) is 0 Å². The van der Waals surface area contributed by atoms with Gasteiger partial charge in [-0.2, -0.15) is 4.98 Å². The average molecular weight is 319 g/mol. The summed E-state index contributed by atoms with van der Waals surface area (Å²) in [5.74, 6) is 1.36. The first kappa shape index (κ1) is 15.7. The van der Waals surface area contributed by atoms with Crippen molar-refractivity contribution >= 4 is 5.91 Å². The van der Waals surface area contributed by atoms with Crippen molar-refractivity contribution in [3.63, 3.8) is 0 Å². The molecular weight excluding hydrogens is 298 g/mol. The molecule has 124 valence electrons. The number of nitrogens with zero attached hydrogens (tertiary/aromatic N) is 4. The van der Waals surface area contributed by atoms with E-state index in [1.807, 2.05) is 6.92 Å². The van der Waals surface area contributed by atoms with Crippen LogP contribution in [0.4, 0.5) is 0 Å². The van der Waals surface area contributed by atoms with Gasteiger partial charge in [-0.05, 0) is 32.6 Å². The molecule has 1 fully saturated rings. The molecule has 8 nitrogen and oxygen atoms in total. The van der Waals surface area contributed by atoms with Crippen LogP contribution in [0.2, 0.25) is 0 Å². The van der Waals surface area contributed by atoms with Crippen molar-refractivity contribution in [1.82, 2.24) is 25.0 Å². The third-order valence-electron chi connectivity index (χ3n) is 4.09. The predicted octanol–water partition coefficient (Wildman–Crippen LogP) is 1.49. The molecule has 23 heavy (non-hydrogen) atoms. The predicted molar refractivity (Wildman–Crippen MR) is 80.7 cm³/mol. The number of aryl methyl sites for hydroxylation is 2. The molecule has 0 aromatic carbocycles. The molecule has 0 bridgehead atoms. The van der Waals surface area contributed by atoms with Crippen LogP contribution in [0.5, 0.6) is 0 Å². The van der Waals surface area contributed by atoms with Crippen LogP contribution in [0.25, 0.3) is 0 Å². The molecular formula is C15H21N5O3. The van der Waals surface area contributed by atoms with E-state index in [-0.39, 0.29) is 17.9 Å². The summed E-state index contributed by atoms with van der Waals surface area (Å²) in [5, 5.41) is 6.87. The van der Waals surface area contributed by atoms with Gasteiger partial charge in [0.2, 0.25) is 5.89 Å². The third kappa shape index (κ3) is 3.42. The first-order valence-electron chi connectivity index (χ1n) is 7.89. The van der Waals surface area contributed by atoms with Crippen molar-refractivity contribution < 1.29 is 14.1 Å². The number of aromatic nitrogens is 4. The first-order valence-corrected chi connectivity index (χ1v) is 7.89. The number of nitrogens with one attached hydrogen (secondary N) is 1. The van der Waals surface area contributed by atoms with Crippen molar-refractivity contribution in [3.05, 3.63) is 29.9 Å². The second-order valence-electron chi connectivity index (χ2n) is 5.62. The van der Waals surface area contributed by atoms with Gasteiger partial charge in [-0.25, -0.2) is 4.98 Å². The van der Waals surface area contributed by atoms with Crippen LogP contribution in [0, 0.1) is 12.8 Å². The van der Waals surface area contributed by atoms with Gasteiger partial charge in [0.15, 0.2) is 11.6 Å². The lowest BCUT2D eigenvalue weighted by atomic mass is 9.91. The summed E-state index contributed by atoms with van der Waals surface area (Å²) in [4.78, 5) is 21.0. The molecule has 1 atom stereocenters. The van der Waals surface area contributed by atoms with Crippen LogP contribution in [0.1, 0.15) is 48.1 Å². The van der Waals surface area contributed by atoms with Crippen molar-refractivity contribution in [2.24, 2.45) is 5.92 Å². The molecule has 0 radical (unpaired) electrons. The van der Waals surface area contributed by atoms with Crippen molar-refractivity contribution in [3.8, 4) is 0 Å². The zero-order valence-corrected chi connectivity index (χ0v) is 13.4. The molecule has 1 amide bonds. The molecule has 1 N–H and O–H groups in total. The van der Waals surface area contributed by atoms with Crippen LogP contribution < -0.4 is 5.32 Å². The van der Waals surface area contributed by atoms with Crippen LogP contribution >= 0.6 is 0 Å². The van der Waals surface area contributed by atoms with E-state index in [2.05, 4.69) is 20.4 Å². The van der Waals surface area contributed by atoms with Gasteiger partial charge in [0.1, 0.15) is 6.04 Å². The highest BCUT2D eigenvalue weighted by molar-refractivity contribution is 5.91. The Bertz CT molecular complexity index is 660. The number of hydrogen-bond donors (Lipinski definition) is 1. The highest BCUT2D eigenvalue weighted by Crippen LogP contribution is 2.29. The Labute approximate surface area is 134 Å². The van der Waals surface area contributed by atoms with Crippen molar-refractivity contribution in [1.29, 1.82) is 0 Å². The van der Waals surface area contributed by atoms with Gasteiger partial charge >= 0.3 is 0 Å². The molecule has 2 aromatic rings. The van der Waals surface area contributed by atoms with E-state index >= 15 is 0 Å². The Balaban J connectivity index is 1.82. The Morgan fingerprint density at radius 3 is 2.91 bits per heavy atom. The summed E-state index contributed by atoms with van der Waals surface area (Å²) < 4.78 is 12.5. The van der Waals surface area contributed by atoms with Gasteiger partial charge in [-0.3, -0.25) is 4.79 Å². The van der Waals surface area contributed by atoms with E-state index in [9.17, 15) is 4.79 Å². The van der Waals surface area contributed by atoms with Crippen molar-refractivity contribution in [2.75, 3.05) is 13.2 Å². The fourth-order valence-electron chi connectivity index (χ4n) is 2.85. The standard InChI is InChI=1S/C15H21N5O3/c1-3-20-7-6-16-13(20)14(21)18-12(11-4-8-22-9-5-11)15-17-10(2)19-23-15/h6-7,11-12H,3-5,8-9H2,1-2H3,(H,18,21). The fraction of sp³-hybridized carbons (Fsp3) is 0.600. The van der Waals surface area contributed by atoms with E-state index in [4.69, 9.17) is 9.26 Å². The van der Waals surface area contributed by atoms with Crippen LogP contribution in [0.15, 0.2) is 16.9 Å². The first-order chi connectivity index (χ1) is 11.2. The zero-order valence-electron chi connectivity index (χ0n) is 13.4. The number of carbonyl (C=O) groups excluding carboxylic acids is 1. The van der Waals surface area contributed by atoms with Gasteiger partial charge in [-0.1, -0.05) is 5.16 Å². The number of carbonyl (C=O) groups is 1. The Morgan fingerprint density at radius 1 is 1.48 bits per heavy atom. The maximum atomic E-state index is 12.6. The normalized spacial score (nSPS) is 17.1. The summed E-state index contributed by atoms with van der Waals surface area (Å²) in [6.45, 7) is 5.77. The number of amides is 1. The molecule has 3 rings (SSSR count). The minimum atomic E-state index is -0.324. The molecule has 0 spiro atoms. The Kier molecular flexibility index (Phi) is 4.71. The number of hydrogen-bond acceptors (Lipinski definition) is 6. The average Bonchev–Trinajstić information content (AvgIpc) is 3.21. The largest absolute Gasteiger partial charge is 0.381 e. The maximum Gasteiger partial charge on any atom is 0.287 e. The van der Waals surface area contributed by atoms with Gasteiger partial charge < -0.3 is 19.1 Å². The van der Waals surface area contributed by atoms with Crippen LogP contribution in [-0.4, -0.2) is 38.8 Å². The highest BCUT2D eigenvalue weighted by atomic mass is 16.5. The summed E-state index contributed by atoms with van der Waals surface area (Å²) in [6.07, 6.45) is 5.09. The quantitative estimate of drug-likeness (QED) is 0.897. The molecule has 2 aromatic heterocycles. The SMILES string of the molecule is CCn1ccnc1C(=O)NC(c1nc(C)no1)C1CCOCC1. The Morgan fingerprint density at radius 2 is 2.26 bits per heavy atom. The van der Waals surface area contributed by atoms with Gasteiger partial charge in [-0.15, -0.1) is 0 Å². The lowest BCUT2D eigenvalue weighted by Crippen LogP contribution is -2.37. The highest BCUT2D eigenvalue weighted by Gasteiger charge is 2.32. The topological polar surface area (TPSA) is 95.1 Å². The third-order valence-corrected chi connectivity index (χ3v) is 4.09. The molecule has 1 aliphatic heterocycles. The minimum absolute atomic E-state index is 0.206. The number of ether oxygens (including phenoxy) is 1. The van der Waals surface area contributed by atoms with Crippen LogP contribution in [-0.2, 0) is 11.3 Å². The van der Waals surface area contributed by atoms with E-state index in [0.29, 0.717) is 37.3 Å². The van der Waals surface area contributed by atoms with Gasteiger partial charge in [0, 0.05) is 32.2 Å². The second kappa shape index (κ2) is 6.91. The summed E-state index contributed by atoms with van der Waals surface area (Å²) in [6, 6.07) is -0.324. The molecule has 0 saturated carbocycles. The lowest BCUT2D eigenvalue weighted by molar-refractivity contribution is 0.0465. The smallest absolute Gasteiger partial charge is 0.287 e. The monoisotopic (exact) mass is 319 g/mol. The molecule has 1 saturated heterocycles. The van der Waals surface area contributed by atoms with Gasteiger partial charge in [0.25, 0.3) is 5.91 Å².